The van der Waals surface area contributed by atoms with Crippen LogP contribution in [0.1, 0.15) is 46.0 Å². The van der Waals surface area contributed by atoms with Crippen LogP contribution in [0.2, 0.25) is 0 Å². The normalized spacial score (nSPS) is 29.8. The molecule has 2 aliphatic rings. The lowest BCUT2D eigenvalue weighted by Gasteiger charge is -2.52. The summed E-state index contributed by atoms with van der Waals surface area (Å²) in [7, 11) is 4.01. The van der Waals surface area contributed by atoms with Crippen LogP contribution >= 0.6 is 0 Å². The summed E-state index contributed by atoms with van der Waals surface area (Å²) >= 11 is 0. The van der Waals surface area contributed by atoms with E-state index >= 15 is 0 Å². The molecule has 1 saturated carbocycles. The molecule has 2 fully saturated rings. The molecule has 1 aliphatic carbocycles. The van der Waals surface area contributed by atoms with Crippen molar-refractivity contribution in [3.63, 3.8) is 0 Å². The highest BCUT2D eigenvalue weighted by Gasteiger charge is 2.44. The Morgan fingerprint density at radius 3 is 2.47 bits per heavy atom. The number of nitrogens with zero attached hydrogens (tertiary/aromatic N) is 2. The Bertz CT molecular complexity index is 323. The highest BCUT2D eigenvalue weighted by Crippen LogP contribution is 2.30. The lowest BCUT2D eigenvalue weighted by Crippen LogP contribution is -2.68. The molecule has 1 heterocycles. The van der Waals surface area contributed by atoms with E-state index in [0.717, 1.165) is 13.1 Å². The minimum Gasteiger partial charge on any atom is -0.336 e. The van der Waals surface area contributed by atoms with Crippen molar-refractivity contribution in [3.05, 3.63) is 0 Å². The molecule has 0 spiro atoms. The molecule has 0 aromatic rings. The third-order valence-corrected chi connectivity index (χ3v) is 4.96. The molecule has 1 unspecified atom stereocenters. The minimum absolute atomic E-state index is 0.0179. The van der Waals surface area contributed by atoms with E-state index in [1.807, 2.05) is 7.05 Å². The monoisotopic (exact) mass is 267 g/mol. The van der Waals surface area contributed by atoms with Gasteiger partial charge in [0, 0.05) is 24.7 Å². The van der Waals surface area contributed by atoms with E-state index in [1.54, 1.807) is 0 Å². The summed E-state index contributed by atoms with van der Waals surface area (Å²) in [4.78, 5) is 17.2. The molecule has 4 heteroatoms. The lowest BCUT2D eigenvalue weighted by atomic mass is 9.88. The molecule has 1 amide bonds. The number of piperazine rings is 1. The SMILES string of the molecule is CNCC1C(=O)N(C2CCCCC2)CC(C)(C)N1C. The number of carbonyl (C=O) groups excluding carboxylic acids is 1. The number of hydrogen-bond acceptors (Lipinski definition) is 3. The molecular formula is C15H29N3O. The van der Waals surface area contributed by atoms with Gasteiger partial charge in [-0.2, -0.15) is 0 Å². The fourth-order valence-corrected chi connectivity index (χ4v) is 3.50. The summed E-state index contributed by atoms with van der Waals surface area (Å²) in [5.41, 5.74) is 0.0624. The third-order valence-electron chi connectivity index (χ3n) is 4.96. The summed E-state index contributed by atoms with van der Waals surface area (Å²) < 4.78 is 0. The molecule has 1 atom stereocenters. The van der Waals surface area contributed by atoms with Crippen molar-refractivity contribution >= 4 is 5.91 Å². The van der Waals surface area contributed by atoms with Crippen molar-refractivity contribution in [2.75, 3.05) is 27.2 Å². The Morgan fingerprint density at radius 1 is 1.26 bits per heavy atom. The van der Waals surface area contributed by atoms with Crippen LogP contribution in [-0.2, 0) is 4.79 Å². The minimum atomic E-state index is -0.0179. The van der Waals surface area contributed by atoms with Crippen molar-refractivity contribution in [1.82, 2.24) is 15.1 Å². The molecule has 0 aromatic heterocycles. The van der Waals surface area contributed by atoms with Crippen molar-refractivity contribution in [2.24, 2.45) is 0 Å². The van der Waals surface area contributed by atoms with Gasteiger partial charge < -0.3 is 10.2 Å². The van der Waals surface area contributed by atoms with Gasteiger partial charge in [-0.25, -0.2) is 0 Å². The van der Waals surface area contributed by atoms with Crippen LogP contribution in [0.15, 0.2) is 0 Å². The summed E-state index contributed by atoms with van der Waals surface area (Å²) in [5, 5.41) is 3.17. The number of carbonyl (C=O) groups is 1. The number of rotatable bonds is 3. The zero-order valence-electron chi connectivity index (χ0n) is 12.9. The largest absolute Gasteiger partial charge is 0.336 e. The highest BCUT2D eigenvalue weighted by molar-refractivity contribution is 5.83. The van der Waals surface area contributed by atoms with Gasteiger partial charge in [0.1, 0.15) is 6.04 Å². The van der Waals surface area contributed by atoms with Crippen molar-refractivity contribution in [3.8, 4) is 0 Å². The second-order valence-corrected chi connectivity index (χ2v) is 6.75. The summed E-state index contributed by atoms with van der Waals surface area (Å²) in [6.07, 6.45) is 6.28. The van der Waals surface area contributed by atoms with Gasteiger partial charge in [0.05, 0.1) is 0 Å². The lowest BCUT2D eigenvalue weighted by molar-refractivity contribution is -0.152. The molecular weight excluding hydrogens is 238 g/mol. The number of likely N-dealkylation sites (N-methyl/N-ethyl adjacent to an activating group) is 2. The van der Waals surface area contributed by atoms with E-state index in [-0.39, 0.29) is 11.6 Å². The molecule has 110 valence electrons. The number of nitrogens with one attached hydrogen (secondary N) is 1. The summed E-state index contributed by atoms with van der Waals surface area (Å²) in [6, 6.07) is 0.462. The van der Waals surface area contributed by atoms with E-state index in [2.05, 4.69) is 36.0 Å². The first-order chi connectivity index (χ1) is 8.97. The Kier molecular flexibility index (Phi) is 4.51. The second-order valence-electron chi connectivity index (χ2n) is 6.75. The van der Waals surface area contributed by atoms with Crippen LogP contribution in [0.5, 0.6) is 0 Å². The van der Waals surface area contributed by atoms with E-state index in [0.29, 0.717) is 11.9 Å². The molecule has 1 N–H and O–H groups in total. The fourth-order valence-electron chi connectivity index (χ4n) is 3.50. The molecule has 0 bridgehead atoms. The maximum absolute atomic E-state index is 12.8. The molecule has 0 aromatic carbocycles. The quantitative estimate of drug-likeness (QED) is 0.841. The number of hydrogen-bond donors (Lipinski definition) is 1. The van der Waals surface area contributed by atoms with Crippen LogP contribution in [0.3, 0.4) is 0 Å². The summed E-state index contributed by atoms with van der Waals surface area (Å²) in [5.74, 6) is 0.322. The topological polar surface area (TPSA) is 35.6 Å². The molecule has 19 heavy (non-hydrogen) atoms. The molecule has 4 nitrogen and oxygen atoms in total. The van der Waals surface area contributed by atoms with Gasteiger partial charge >= 0.3 is 0 Å². The van der Waals surface area contributed by atoms with Gasteiger partial charge in [-0.3, -0.25) is 9.69 Å². The Labute approximate surface area is 117 Å². The molecule has 2 rings (SSSR count). The second kappa shape index (κ2) is 5.80. The first kappa shape index (κ1) is 14.8. The van der Waals surface area contributed by atoms with E-state index in [4.69, 9.17) is 0 Å². The third kappa shape index (κ3) is 2.95. The van der Waals surface area contributed by atoms with Gasteiger partial charge in [0.2, 0.25) is 5.91 Å². The molecule has 0 radical (unpaired) electrons. The predicted molar refractivity (Wildman–Crippen MR) is 78.1 cm³/mol. The van der Waals surface area contributed by atoms with Crippen LogP contribution < -0.4 is 5.32 Å². The zero-order chi connectivity index (χ0) is 14.0. The Hall–Kier alpha value is -0.610. The van der Waals surface area contributed by atoms with Crippen LogP contribution in [-0.4, -0.2) is 60.5 Å². The average Bonchev–Trinajstić information content (AvgIpc) is 2.40. The van der Waals surface area contributed by atoms with Gasteiger partial charge in [-0.05, 0) is 40.8 Å². The standard InChI is InChI=1S/C15H29N3O/c1-15(2)11-18(12-8-6-5-7-9-12)14(19)13(10-16-3)17(15)4/h12-13,16H,5-11H2,1-4H3. The number of amides is 1. The molecule has 1 aliphatic heterocycles. The van der Waals surface area contributed by atoms with Crippen molar-refractivity contribution < 1.29 is 4.79 Å². The van der Waals surface area contributed by atoms with Crippen LogP contribution in [0, 0.1) is 0 Å². The smallest absolute Gasteiger partial charge is 0.241 e. The predicted octanol–water partition coefficient (Wildman–Crippen LogP) is 1.46. The average molecular weight is 267 g/mol. The fraction of sp³-hybridized carbons (Fsp3) is 0.933. The highest BCUT2D eigenvalue weighted by atomic mass is 16.2. The maximum Gasteiger partial charge on any atom is 0.241 e. The van der Waals surface area contributed by atoms with Gasteiger partial charge in [-0.15, -0.1) is 0 Å². The van der Waals surface area contributed by atoms with E-state index < -0.39 is 0 Å². The zero-order valence-corrected chi connectivity index (χ0v) is 12.9. The van der Waals surface area contributed by atoms with Gasteiger partial charge in [0.15, 0.2) is 0 Å². The maximum atomic E-state index is 12.8. The van der Waals surface area contributed by atoms with E-state index in [1.165, 1.54) is 32.1 Å². The summed E-state index contributed by atoms with van der Waals surface area (Å²) in [6.45, 7) is 6.10. The molecule has 1 saturated heterocycles. The van der Waals surface area contributed by atoms with Crippen LogP contribution in [0.4, 0.5) is 0 Å². The van der Waals surface area contributed by atoms with Gasteiger partial charge in [-0.1, -0.05) is 19.3 Å². The first-order valence-electron chi connectivity index (χ1n) is 7.65. The first-order valence-corrected chi connectivity index (χ1v) is 7.65. The van der Waals surface area contributed by atoms with E-state index in [9.17, 15) is 4.79 Å². The Morgan fingerprint density at radius 2 is 1.89 bits per heavy atom. The van der Waals surface area contributed by atoms with Crippen molar-refractivity contribution in [1.29, 1.82) is 0 Å². The Balaban J connectivity index is 2.16. The van der Waals surface area contributed by atoms with Crippen LogP contribution in [0.25, 0.3) is 0 Å². The van der Waals surface area contributed by atoms with Crippen molar-refractivity contribution in [2.45, 2.75) is 63.6 Å². The van der Waals surface area contributed by atoms with Gasteiger partial charge in [0.25, 0.3) is 0 Å².